The summed E-state index contributed by atoms with van der Waals surface area (Å²) >= 11 is 4.57. The molecule has 0 aliphatic carbocycles. The minimum atomic E-state index is -0.587. The molecule has 1 atom stereocenters. The van der Waals surface area contributed by atoms with E-state index in [1.54, 1.807) is 0 Å². The molecule has 0 unspecified atom stereocenters. The Morgan fingerprint density at radius 3 is 2.62 bits per heavy atom. The van der Waals surface area contributed by atoms with Gasteiger partial charge in [0, 0.05) is 24.2 Å². The standard InChI is InChI=1S/C16H25F2N5S/c1-4-20-12(5-10(2)3)9-21-15-7-13(17)11(6-14(15)18)8-22-23-16(19)24/h6-8,10,12,20-21H,4-5,9H2,1-3H3,(H3,19,23,24)/b22-8+/t12-/m0/s1. The van der Waals surface area contributed by atoms with Gasteiger partial charge < -0.3 is 16.4 Å². The first-order chi connectivity index (χ1) is 11.3. The van der Waals surface area contributed by atoms with Gasteiger partial charge >= 0.3 is 0 Å². The van der Waals surface area contributed by atoms with Gasteiger partial charge in [-0.2, -0.15) is 5.10 Å². The van der Waals surface area contributed by atoms with E-state index in [4.69, 9.17) is 5.73 Å². The second-order valence-corrected chi connectivity index (χ2v) is 6.29. The summed E-state index contributed by atoms with van der Waals surface area (Å²) in [4.78, 5) is 0. The van der Waals surface area contributed by atoms with Crippen molar-refractivity contribution in [2.24, 2.45) is 16.8 Å². The van der Waals surface area contributed by atoms with Crippen molar-refractivity contribution < 1.29 is 8.78 Å². The summed E-state index contributed by atoms with van der Waals surface area (Å²) in [5.74, 6) is -0.624. The first-order valence-corrected chi connectivity index (χ1v) is 8.29. The molecule has 0 heterocycles. The molecule has 0 aliphatic heterocycles. The normalized spacial score (nSPS) is 12.6. The molecule has 0 aromatic heterocycles. The highest BCUT2D eigenvalue weighted by atomic mass is 32.1. The number of hydrogen-bond acceptors (Lipinski definition) is 4. The minimum absolute atomic E-state index is 0.00668. The van der Waals surface area contributed by atoms with Crippen molar-refractivity contribution >= 4 is 29.2 Å². The van der Waals surface area contributed by atoms with E-state index in [-0.39, 0.29) is 22.4 Å². The van der Waals surface area contributed by atoms with E-state index in [0.717, 1.165) is 31.3 Å². The van der Waals surface area contributed by atoms with Crippen molar-refractivity contribution in [1.29, 1.82) is 0 Å². The Hall–Kier alpha value is -1.80. The number of nitrogens with zero attached hydrogens (tertiary/aromatic N) is 1. The number of nitrogens with two attached hydrogens (primary N) is 1. The molecule has 0 radical (unpaired) electrons. The molecule has 5 nitrogen and oxygen atoms in total. The molecule has 0 saturated carbocycles. The van der Waals surface area contributed by atoms with Crippen LogP contribution in [-0.2, 0) is 0 Å². The van der Waals surface area contributed by atoms with Crippen molar-refractivity contribution in [3.63, 3.8) is 0 Å². The molecule has 0 fully saturated rings. The summed E-state index contributed by atoms with van der Waals surface area (Å²) in [7, 11) is 0. The molecule has 0 spiro atoms. The van der Waals surface area contributed by atoms with Crippen LogP contribution in [0.15, 0.2) is 17.2 Å². The zero-order chi connectivity index (χ0) is 18.1. The van der Waals surface area contributed by atoms with Crippen LogP contribution in [0.2, 0.25) is 0 Å². The molecule has 24 heavy (non-hydrogen) atoms. The summed E-state index contributed by atoms with van der Waals surface area (Å²) in [5, 5.41) is 9.88. The maximum atomic E-state index is 14.1. The summed E-state index contributed by atoms with van der Waals surface area (Å²) < 4.78 is 28.2. The second kappa shape index (κ2) is 10.1. The Balaban J connectivity index is 2.77. The van der Waals surface area contributed by atoms with Gasteiger partial charge in [0.25, 0.3) is 0 Å². The molecule has 1 aromatic rings. The highest BCUT2D eigenvalue weighted by Crippen LogP contribution is 2.19. The lowest BCUT2D eigenvalue weighted by Crippen LogP contribution is -2.36. The van der Waals surface area contributed by atoms with Crippen molar-refractivity contribution in [1.82, 2.24) is 10.7 Å². The van der Waals surface area contributed by atoms with Gasteiger partial charge in [-0.1, -0.05) is 20.8 Å². The van der Waals surface area contributed by atoms with Crippen LogP contribution in [0.5, 0.6) is 0 Å². The van der Waals surface area contributed by atoms with Crippen LogP contribution in [-0.4, -0.2) is 30.5 Å². The summed E-state index contributed by atoms with van der Waals surface area (Å²) in [6, 6.07) is 2.39. The lowest BCUT2D eigenvalue weighted by molar-refractivity contribution is 0.439. The van der Waals surface area contributed by atoms with Gasteiger partial charge in [-0.25, -0.2) is 8.78 Å². The van der Waals surface area contributed by atoms with Crippen LogP contribution in [0.1, 0.15) is 32.8 Å². The molecule has 134 valence electrons. The largest absolute Gasteiger partial charge is 0.381 e. The van der Waals surface area contributed by atoms with Crippen molar-refractivity contribution in [2.75, 3.05) is 18.4 Å². The summed E-state index contributed by atoms with van der Waals surface area (Å²) in [5.41, 5.74) is 7.62. The quantitative estimate of drug-likeness (QED) is 0.311. The van der Waals surface area contributed by atoms with Crippen LogP contribution < -0.4 is 21.8 Å². The Labute approximate surface area is 147 Å². The molecular weight excluding hydrogens is 332 g/mol. The van der Waals surface area contributed by atoms with Crippen LogP contribution in [0, 0.1) is 17.6 Å². The topological polar surface area (TPSA) is 74.5 Å². The predicted molar refractivity (Wildman–Crippen MR) is 99.3 cm³/mol. The first kappa shape index (κ1) is 20.2. The lowest BCUT2D eigenvalue weighted by atomic mass is 10.0. The molecule has 5 N–H and O–H groups in total. The van der Waals surface area contributed by atoms with Crippen LogP contribution in [0.25, 0.3) is 0 Å². The van der Waals surface area contributed by atoms with Gasteiger partial charge in [-0.05, 0) is 37.2 Å². The number of likely N-dealkylation sites (N-methyl/N-ethyl adjacent to an activating group) is 1. The van der Waals surface area contributed by atoms with Gasteiger partial charge in [0.05, 0.1) is 11.9 Å². The third-order valence-electron chi connectivity index (χ3n) is 3.25. The van der Waals surface area contributed by atoms with Crippen LogP contribution >= 0.6 is 12.2 Å². The van der Waals surface area contributed by atoms with Crippen molar-refractivity contribution in [3.8, 4) is 0 Å². The number of hydrogen-bond donors (Lipinski definition) is 4. The number of thiocarbonyl (C=S) groups is 1. The average molecular weight is 357 g/mol. The molecule has 0 aliphatic rings. The fourth-order valence-corrected chi connectivity index (χ4v) is 2.34. The van der Waals surface area contributed by atoms with Crippen molar-refractivity contribution in [2.45, 2.75) is 33.2 Å². The highest BCUT2D eigenvalue weighted by molar-refractivity contribution is 7.80. The van der Waals surface area contributed by atoms with Crippen LogP contribution in [0.3, 0.4) is 0 Å². The molecule has 1 aromatic carbocycles. The van der Waals surface area contributed by atoms with E-state index < -0.39 is 11.6 Å². The number of hydrazone groups is 1. The molecule has 0 amide bonds. The SMILES string of the molecule is CCN[C@H](CNc1cc(F)c(/C=N/NC(N)=S)cc1F)CC(C)C. The fourth-order valence-electron chi connectivity index (χ4n) is 2.29. The fraction of sp³-hybridized carbons (Fsp3) is 0.500. The summed E-state index contributed by atoms with van der Waals surface area (Å²) in [6.07, 6.45) is 2.07. The average Bonchev–Trinajstić information content (AvgIpc) is 2.48. The molecular formula is C16H25F2N5S. The Bertz CT molecular complexity index is 578. The van der Waals surface area contributed by atoms with E-state index in [9.17, 15) is 8.78 Å². The Morgan fingerprint density at radius 2 is 2.04 bits per heavy atom. The number of halogens is 2. The first-order valence-electron chi connectivity index (χ1n) is 7.88. The Morgan fingerprint density at radius 1 is 1.33 bits per heavy atom. The third-order valence-corrected chi connectivity index (χ3v) is 3.34. The van der Waals surface area contributed by atoms with Crippen LogP contribution in [0.4, 0.5) is 14.5 Å². The van der Waals surface area contributed by atoms with E-state index in [1.807, 2.05) is 6.92 Å². The van der Waals surface area contributed by atoms with Gasteiger partial charge in [-0.15, -0.1) is 0 Å². The van der Waals surface area contributed by atoms with Gasteiger partial charge in [0.2, 0.25) is 0 Å². The van der Waals surface area contributed by atoms with E-state index in [2.05, 4.69) is 47.2 Å². The molecule has 0 bridgehead atoms. The molecule has 8 heteroatoms. The third kappa shape index (κ3) is 7.18. The van der Waals surface area contributed by atoms with E-state index in [0.29, 0.717) is 12.5 Å². The number of nitrogens with one attached hydrogen (secondary N) is 3. The monoisotopic (exact) mass is 357 g/mol. The second-order valence-electron chi connectivity index (χ2n) is 5.85. The Kier molecular flexibility index (Phi) is 8.56. The molecule has 1 rings (SSSR count). The zero-order valence-corrected chi connectivity index (χ0v) is 15.0. The maximum absolute atomic E-state index is 14.1. The number of rotatable bonds is 9. The van der Waals surface area contributed by atoms with E-state index in [1.165, 1.54) is 0 Å². The van der Waals surface area contributed by atoms with Gasteiger partial charge in [0.1, 0.15) is 11.6 Å². The highest BCUT2D eigenvalue weighted by Gasteiger charge is 2.13. The lowest BCUT2D eigenvalue weighted by Gasteiger charge is -2.21. The smallest absolute Gasteiger partial charge is 0.184 e. The van der Waals surface area contributed by atoms with Crippen molar-refractivity contribution in [3.05, 3.63) is 29.3 Å². The number of anilines is 1. The zero-order valence-electron chi connectivity index (χ0n) is 14.2. The predicted octanol–water partition coefficient (Wildman–Crippen LogP) is 2.57. The van der Waals surface area contributed by atoms with Gasteiger partial charge in [-0.3, -0.25) is 5.43 Å². The van der Waals surface area contributed by atoms with E-state index >= 15 is 0 Å². The molecule has 0 saturated heterocycles. The number of benzene rings is 1. The van der Waals surface area contributed by atoms with Gasteiger partial charge in [0.15, 0.2) is 5.11 Å². The maximum Gasteiger partial charge on any atom is 0.184 e. The summed E-state index contributed by atoms with van der Waals surface area (Å²) in [6.45, 7) is 7.60. The minimum Gasteiger partial charge on any atom is -0.381 e.